The number of hydrogen-bond donors (Lipinski definition) is 0. The van der Waals surface area contributed by atoms with Crippen LogP contribution in [0.15, 0.2) is 18.2 Å². The largest absolute Gasteiger partial charge is 0.291 e. The van der Waals surface area contributed by atoms with Gasteiger partial charge in [-0.25, -0.2) is 0 Å². The summed E-state index contributed by atoms with van der Waals surface area (Å²) < 4.78 is 2.21. The van der Waals surface area contributed by atoms with Crippen molar-refractivity contribution >= 4 is 5.65 Å². The van der Waals surface area contributed by atoms with Gasteiger partial charge in [0.05, 0.1) is 6.04 Å². The monoisotopic (exact) mass is 258 g/mol. The quantitative estimate of drug-likeness (QED) is 0.830. The Kier molecular flexibility index (Phi) is 3.27. The predicted octanol–water partition coefficient (Wildman–Crippen LogP) is 2.97. The molecule has 3 rings (SSSR count). The van der Waals surface area contributed by atoms with Crippen LogP contribution >= 0.6 is 0 Å². The smallest absolute Gasteiger partial charge is 0.161 e. The summed E-state index contributed by atoms with van der Waals surface area (Å²) in [6.45, 7) is 7.84. The molecule has 0 amide bonds. The Balaban J connectivity index is 2.07. The second kappa shape index (κ2) is 4.93. The van der Waals surface area contributed by atoms with Crippen molar-refractivity contribution in [3.63, 3.8) is 0 Å². The summed E-state index contributed by atoms with van der Waals surface area (Å²) in [7, 11) is 0. The number of hydrogen-bond acceptors (Lipinski definition) is 3. The maximum atomic E-state index is 4.48. The second-order valence-corrected chi connectivity index (χ2v) is 5.76. The van der Waals surface area contributed by atoms with E-state index in [2.05, 4.69) is 46.3 Å². The lowest BCUT2D eigenvalue weighted by molar-refractivity contribution is 0.105. The number of nitrogens with zero attached hydrogens (tertiary/aromatic N) is 4. The van der Waals surface area contributed by atoms with Gasteiger partial charge in [-0.15, -0.1) is 10.2 Å². The van der Waals surface area contributed by atoms with Gasteiger partial charge < -0.3 is 0 Å². The molecule has 1 aliphatic rings. The normalized spacial score (nSPS) is 21.4. The van der Waals surface area contributed by atoms with E-state index in [4.69, 9.17) is 0 Å². The first kappa shape index (κ1) is 12.6. The van der Waals surface area contributed by atoms with Crippen molar-refractivity contribution in [3.05, 3.63) is 29.7 Å². The minimum absolute atomic E-state index is 0.407. The highest BCUT2D eigenvalue weighted by Crippen LogP contribution is 2.31. The molecule has 0 aliphatic carbocycles. The number of aromatic nitrogens is 3. The fourth-order valence-corrected chi connectivity index (χ4v) is 3.19. The second-order valence-electron chi connectivity index (χ2n) is 5.76. The molecular formula is C15H22N4. The zero-order chi connectivity index (χ0) is 13.4. The molecule has 0 saturated carbocycles. The van der Waals surface area contributed by atoms with Gasteiger partial charge in [-0.3, -0.25) is 9.30 Å². The van der Waals surface area contributed by atoms with Crippen molar-refractivity contribution in [2.75, 3.05) is 6.54 Å². The van der Waals surface area contributed by atoms with Crippen molar-refractivity contribution in [3.8, 4) is 0 Å². The van der Waals surface area contributed by atoms with Gasteiger partial charge in [0.15, 0.2) is 11.5 Å². The summed E-state index contributed by atoms with van der Waals surface area (Å²) >= 11 is 0. The van der Waals surface area contributed by atoms with E-state index < -0.39 is 0 Å². The van der Waals surface area contributed by atoms with Crippen LogP contribution in [-0.2, 0) is 0 Å². The lowest BCUT2D eigenvalue weighted by atomic mass is 9.99. The molecule has 1 saturated heterocycles. The molecule has 0 N–H and O–H groups in total. The molecule has 1 atom stereocenters. The fourth-order valence-electron chi connectivity index (χ4n) is 3.19. The molecule has 1 unspecified atom stereocenters. The highest BCUT2D eigenvalue weighted by Gasteiger charge is 2.29. The molecule has 2 aromatic heterocycles. The maximum absolute atomic E-state index is 4.48. The summed E-state index contributed by atoms with van der Waals surface area (Å²) in [5, 5.41) is 8.82. The third-order valence-corrected chi connectivity index (χ3v) is 4.15. The van der Waals surface area contributed by atoms with E-state index in [1.165, 1.54) is 31.5 Å². The van der Waals surface area contributed by atoms with Crippen LogP contribution in [0.5, 0.6) is 0 Å². The standard InChI is InChI=1S/C15H22N4/c1-11(2)18-10-5-4-8-13(18)15-17-16-14-9-6-7-12(3)19(14)15/h6-7,9,11,13H,4-5,8,10H2,1-3H3. The van der Waals surface area contributed by atoms with Crippen molar-refractivity contribution < 1.29 is 0 Å². The molecule has 3 heterocycles. The Morgan fingerprint density at radius 2 is 2.05 bits per heavy atom. The highest BCUT2D eigenvalue weighted by molar-refractivity contribution is 5.40. The van der Waals surface area contributed by atoms with E-state index in [0.29, 0.717) is 12.1 Å². The van der Waals surface area contributed by atoms with Gasteiger partial charge in [-0.1, -0.05) is 12.5 Å². The van der Waals surface area contributed by atoms with E-state index in [0.717, 1.165) is 11.5 Å². The van der Waals surface area contributed by atoms with Crippen LogP contribution in [0.25, 0.3) is 5.65 Å². The highest BCUT2D eigenvalue weighted by atomic mass is 15.3. The number of piperidine rings is 1. The molecule has 19 heavy (non-hydrogen) atoms. The summed E-state index contributed by atoms with van der Waals surface area (Å²) in [6.07, 6.45) is 3.77. The molecule has 0 bridgehead atoms. The van der Waals surface area contributed by atoms with Crippen LogP contribution in [0.1, 0.15) is 50.7 Å². The molecule has 1 fully saturated rings. The van der Waals surface area contributed by atoms with Crippen LogP contribution in [-0.4, -0.2) is 32.1 Å². The maximum Gasteiger partial charge on any atom is 0.161 e. The third kappa shape index (κ3) is 2.14. The summed E-state index contributed by atoms with van der Waals surface area (Å²) in [5.74, 6) is 1.11. The van der Waals surface area contributed by atoms with Gasteiger partial charge in [0, 0.05) is 11.7 Å². The van der Waals surface area contributed by atoms with Crippen molar-refractivity contribution in [2.45, 2.75) is 52.1 Å². The lowest BCUT2D eigenvalue weighted by Crippen LogP contribution is -2.39. The number of aryl methyl sites for hydroxylation is 1. The molecule has 4 heteroatoms. The lowest BCUT2D eigenvalue weighted by Gasteiger charge is -2.37. The molecular weight excluding hydrogens is 236 g/mol. The van der Waals surface area contributed by atoms with Crippen LogP contribution in [0.3, 0.4) is 0 Å². The fraction of sp³-hybridized carbons (Fsp3) is 0.600. The first-order valence-corrected chi connectivity index (χ1v) is 7.25. The van der Waals surface area contributed by atoms with Crippen LogP contribution < -0.4 is 0 Å². The van der Waals surface area contributed by atoms with Crippen molar-refractivity contribution in [1.82, 2.24) is 19.5 Å². The van der Waals surface area contributed by atoms with Crippen LogP contribution in [0.4, 0.5) is 0 Å². The molecule has 0 aromatic carbocycles. The van der Waals surface area contributed by atoms with Crippen molar-refractivity contribution in [2.24, 2.45) is 0 Å². The topological polar surface area (TPSA) is 33.4 Å². The van der Waals surface area contributed by atoms with Gasteiger partial charge in [0.2, 0.25) is 0 Å². The van der Waals surface area contributed by atoms with Crippen LogP contribution in [0, 0.1) is 6.92 Å². The minimum Gasteiger partial charge on any atom is -0.291 e. The number of pyridine rings is 1. The van der Waals surface area contributed by atoms with E-state index in [-0.39, 0.29) is 0 Å². The minimum atomic E-state index is 0.407. The average Bonchev–Trinajstić information content (AvgIpc) is 2.84. The molecule has 2 aromatic rings. The summed E-state index contributed by atoms with van der Waals surface area (Å²) in [4.78, 5) is 2.56. The molecule has 4 nitrogen and oxygen atoms in total. The summed E-state index contributed by atoms with van der Waals surface area (Å²) in [5.41, 5.74) is 2.18. The van der Waals surface area contributed by atoms with Gasteiger partial charge in [0.25, 0.3) is 0 Å². The van der Waals surface area contributed by atoms with Gasteiger partial charge in [-0.2, -0.15) is 0 Å². The summed E-state index contributed by atoms with van der Waals surface area (Å²) in [6, 6.07) is 7.17. The Morgan fingerprint density at radius 1 is 1.21 bits per heavy atom. The molecule has 1 aliphatic heterocycles. The van der Waals surface area contributed by atoms with Gasteiger partial charge in [0.1, 0.15) is 0 Å². The van der Waals surface area contributed by atoms with Crippen molar-refractivity contribution in [1.29, 1.82) is 0 Å². The molecule has 0 radical (unpaired) electrons. The Bertz CT molecular complexity index is 573. The molecule has 102 valence electrons. The average molecular weight is 258 g/mol. The number of likely N-dealkylation sites (tertiary alicyclic amines) is 1. The zero-order valence-corrected chi connectivity index (χ0v) is 12.0. The predicted molar refractivity (Wildman–Crippen MR) is 76.2 cm³/mol. The van der Waals surface area contributed by atoms with Crippen LogP contribution in [0.2, 0.25) is 0 Å². The van der Waals surface area contributed by atoms with E-state index >= 15 is 0 Å². The third-order valence-electron chi connectivity index (χ3n) is 4.15. The van der Waals surface area contributed by atoms with Gasteiger partial charge in [-0.05, 0) is 52.3 Å². The van der Waals surface area contributed by atoms with E-state index in [9.17, 15) is 0 Å². The SMILES string of the molecule is Cc1cccc2nnc(C3CCCCN3C(C)C)n12. The number of fused-ring (bicyclic) bond motifs is 1. The Morgan fingerprint density at radius 3 is 2.84 bits per heavy atom. The Hall–Kier alpha value is -1.42. The first-order valence-electron chi connectivity index (χ1n) is 7.25. The van der Waals surface area contributed by atoms with E-state index in [1.807, 2.05) is 12.1 Å². The van der Waals surface area contributed by atoms with E-state index in [1.54, 1.807) is 0 Å². The molecule has 0 spiro atoms. The van der Waals surface area contributed by atoms with Gasteiger partial charge >= 0.3 is 0 Å². The first-order chi connectivity index (χ1) is 9.18. The Labute approximate surface area is 114 Å². The number of rotatable bonds is 2. The zero-order valence-electron chi connectivity index (χ0n) is 12.0.